The fourth-order valence-electron chi connectivity index (χ4n) is 1.44. The summed E-state index contributed by atoms with van der Waals surface area (Å²) in [6.45, 7) is 6.35. The molecule has 0 N–H and O–H groups in total. The van der Waals surface area contributed by atoms with Crippen LogP contribution in [0.2, 0.25) is 0 Å². The Morgan fingerprint density at radius 3 is 2.50 bits per heavy atom. The van der Waals surface area contributed by atoms with E-state index < -0.39 is 0 Å². The normalized spacial score (nSPS) is 13.6. The first-order chi connectivity index (χ1) is 7.42. The Balaban J connectivity index is 3.05. The van der Waals surface area contributed by atoms with Gasteiger partial charge in [0.2, 0.25) is 0 Å². The number of benzene rings is 1. The SMILES string of the molecule is CCC(C)(C)C(Br)c1ccc(OC)cc1F. The van der Waals surface area contributed by atoms with Crippen LogP contribution in [0.4, 0.5) is 4.39 Å². The Bertz CT molecular complexity index is 363. The minimum absolute atomic E-state index is 0.0101. The minimum Gasteiger partial charge on any atom is -0.497 e. The van der Waals surface area contributed by atoms with Crippen molar-refractivity contribution in [2.45, 2.75) is 32.0 Å². The summed E-state index contributed by atoms with van der Waals surface area (Å²) < 4.78 is 18.8. The molecule has 0 fully saturated rings. The lowest BCUT2D eigenvalue weighted by Gasteiger charge is -2.29. The van der Waals surface area contributed by atoms with E-state index in [4.69, 9.17) is 4.74 Å². The molecule has 0 aliphatic carbocycles. The third-order valence-electron chi connectivity index (χ3n) is 3.08. The van der Waals surface area contributed by atoms with Crippen LogP contribution in [0.1, 0.15) is 37.6 Å². The zero-order valence-electron chi connectivity index (χ0n) is 10.2. The van der Waals surface area contributed by atoms with Crippen LogP contribution in [0.25, 0.3) is 0 Å². The Hall–Kier alpha value is -0.570. The van der Waals surface area contributed by atoms with Crippen LogP contribution >= 0.6 is 15.9 Å². The molecule has 16 heavy (non-hydrogen) atoms. The van der Waals surface area contributed by atoms with Crippen LogP contribution in [0.3, 0.4) is 0 Å². The highest BCUT2D eigenvalue weighted by Gasteiger charge is 2.28. The second-order valence-electron chi connectivity index (χ2n) is 4.59. The Morgan fingerprint density at radius 2 is 2.06 bits per heavy atom. The average molecular weight is 289 g/mol. The third-order valence-corrected chi connectivity index (χ3v) is 4.81. The van der Waals surface area contributed by atoms with Gasteiger partial charge in [-0.15, -0.1) is 0 Å². The molecule has 1 atom stereocenters. The number of alkyl halides is 1. The predicted molar refractivity (Wildman–Crippen MR) is 68.7 cm³/mol. The van der Waals surface area contributed by atoms with Crippen molar-refractivity contribution < 1.29 is 9.13 Å². The summed E-state index contributed by atoms with van der Waals surface area (Å²) in [5, 5.41) is 0. The lowest BCUT2D eigenvalue weighted by molar-refractivity contribution is 0.339. The van der Waals surface area contributed by atoms with E-state index in [9.17, 15) is 4.39 Å². The average Bonchev–Trinajstić information content (AvgIpc) is 2.28. The molecule has 1 unspecified atom stereocenters. The van der Waals surface area contributed by atoms with Crippen LogP contribution in [-0.2, 0) is 0 Å². The number of rotatable bonds is 4. The van der Waals surface area contributed by atoms with Gasteiger partial charge in [0.25, 0.3) is 0 Å². The van der Waals surface area contributed by atoms with E-state index in [2.05, 4.69) is 36.7 Å². The smallest absolute Gasteiger partial charge is 0.131 e. The van der Waals surface area contributed by atoms with Crippen molar-refractivity contribution in [3.63, 3.8) is 0 Å². The number of ether oxygens (including phenoxy) is 1. The topological polar surface area (TPSA) is 9.23 Å². The van der Waals surface area contributed by atoms with Crippen LogP contribution in [0.15, 0.2) is 18.2 Å². The van der Waals surface area contributed by atoms with E-state index in [1.54, 1.807) is 12.1 Å². The maximum atomic E-state index is 13.8. The van der Waals surface area contributed by atoms with Crippen molar-refractivity contribution in [3.8, 4) is 5.75 Å². The van der Waals surface area contributed by atoms with E-state index in [1.807, 2.05) is 0 Å². The first-order valence-electron chi connectivity index (χ1n) is 5.40. The fraction of sp³-hybridized carbons (Fsp3) is 0.538. The van der Waals surface area contributed by atoms with Crippen LogP contribution in [-0.4, -0.2) is 7.11 Å². The Labute approximate surface area is 105 Å². The number of hydrogen-bond acceptors (Lipinski definition) is 1. The molecule has 1 nitrogen and oxygen atoms in total. The van der Waals surface area contributed by atoms with Crippen molar-refractivity contribution in [1.82, 2.24) is 0 Å². The summed E-state index contributed by atoms with van der Waals surface area (Å²) in [4.78, 5) is 0.0101. The van der Waals surface area contributed by atoms with Crippen molar-refractivity contribution in [2.24, 2.45) is 5.41 Å². The van der Waals surface area contributed by atoms with Crippen molar-refractivity contribution in [1.29, 1.82) is 0 Å². The van der Waals surface area contributed by atoms with Gasteiger partial charge in [0.05, 0.1) is 7.11 Å². The van der Waals surface area contributed by atoms with Crippen molar-refractivity contribution >= 4 is 15.9 Å². The van der Waals surface area contributed by atoms with E-state index in [0.29, 0.717) is 11.3 Å². The van der Waals surface area contributed by atoms with E-state index in [1.165, 1.54) is 13.2 Å². The highest BCUT2D eigenvalue weighted by molar-refractivity contribution is 9.09. The Morgan fingerprint density at radius 1 is 1.44 bits per heavy atom. The van der Waals surface area contributed by atoms with Gasteiger partial charge in [-0.3, -0.25) is 0 Å². The summed E-state index contributed by atoms with van der Waals surface area (Å²) in [5.41, 5.74) is 0.711. The highest BCUT2D eigenvalue weighted by Crippen LogP contribution is 2.44. The van der Waals surface area contributed by atoms with Gasteiger partial charge in [0, 0.05) is 16.5 Å². The van der Waals surface area contributed by atoms with Crippen LogP contribution < -0.4 is 4.74 Å². The molecule has 0 bridgehead atoms. The molecule has 90 valence electrons. The molecule has 1 aromatic rings. The molecule has 0 radical (unpaired) electrons. The summed E-state index contributed by atoms with van der Waals surface area (Å²) >= 11 is 3.58. The van der Waals surface area contributed by atoms with Crippen LogP contribution in [0, 0.1) is 11.2 Å². The molecule has 1 rings (SSSR count). The molecular formula is C13H18BrFO. The van der Waals surface area contributed by atoms with Gasteiger partial charge in [-0.2, -0.15) is 0 Å². The molecule has 0 saturated heterocycles. The largest absolute Gasteiger partial charge is 0.497 e. The summed E-state index contributed by atoms with van der Waals surface area (Å²) in [7, 11) is 1.54. The van der Waals surface area contributed by atoms with Crippen LogP contribution in [0.5, 0.6) is 5.75 Å². The quantitative estimate of drug-likeness (QED) is 0.730. The fourth-order valence-corrected chi connectivity index (χ4v) is 2.14. The lowest BCUT2D eigenvalue weighted by Crippen LogP contribution is -2.17. The first kappa shape index (κ1) is 13.5. The van der Waals surface area contributed by atoms with Crippen molar-refractivity contribution in [3.05, 3.63) is 29.6 Å². The van der Waals surface area contributed by atoms with E-state index in [-0.39, 0.29) is 16.1 Å². The van der Waals surface area contributed by atoms with Gasteiger partial charge < -0.3 is 4.74 Å². The van der Waals surface area contributed by atoms with Gasteiger partial charge in [-0.25, -0.2) is 4.39 Å². The van der Waals surface area contributed by atoms with Gasteiger partial charge in [0.1, 0.15) is 11.6 Å². The second kappa shape index (κ2) is 5.17. The zero-order chi connectivity index (χ0) is 12.3. The van der Waals surface area contributed by atoms with Gasteiger partial charge in [0.15, 0.2) is 0 Å². The number of methoxy groups -OCH3 is 1. The van der Waals surface area contributed by atoms with E-state index in [0.717, 1.165) is 6.42 Å². The maximum absolute atomic E-state index is 13.8. The molecule has 0 saturated carbocycles. The predicted octanol–water partition coefficient (Wildman–Crippen LogP) is 4.71. The van der Waals surface area contributed by atoms with Crippen molar-refractivity contribution in [2.75, 3.05) is 7.11 Å². The monoisotopic (exact) mass is 288 g/mol. The maximum Gasteiger partial charge on any atom is 0.131 e. The molecule has 0 heterocycles. The third kappa shape index (κ3) is 2.76. The first-order valence-corrected chi connectivity index (χ1v) is 6.31. The molecule has 0 amide bonds. The van der Waals surface area contributed by atoms with Gasteiger partial charge in [-0.1, -0.05) is 42.8 Å². The molecule has 0 aliphatic rings. The summed E-state index contributed by atoms with van der Waals surface area (Å²) in [6, 6.07) is 5.00. The second-order valence-corrected chi connectivity index (χ2v) is 5.51. The van der Waals surface area contributed by atoms with Gasteiger partial charge >= 0.3 is 0 Å². The summed E-state index contributed by atoms with van der Waals surface area (Å²) in [6.07, 6.45) is 0.981. The Kier molecular flexibility index (Phi) is 4.36. The summed E-state index contributed by atoms with van der Waals surface area (Å²) in [5.74, 6) is 0.331. The molecule has 0 spiro atoms. The lowest BCUT2D eigenvalue weighted by atomic mass is 9.83. The number of hydrogen-bond donors (Lipinski definition) is 0. The van der Waals surface area contributed by atoms with Gasteiger partial charge in [-0.05, 0) is 17.9 Å². The standard InChI is InChI=1S/C13H18BrFO/c1-5-13(2,3)12(14)10-7-6-9(16-4)8-11(10)15/h6-8,12H,5H2,1-4H3. The number of halogens is 2. The molecular weight excluding hydrogens is 271 g/mol. The highest BCUT2D eigenvalue weighted by atomic mass is 79.9. The molecule has 1 aromatic carbocycles. The molecule has 3 heteroatoms. The zero-order valence-corrected chi connectivity index (χ0v) is 11.8. The molecule has 0 aliphatic heterocycles. The minimum atomic E-state index is -0.220. The van der Waals surface area contributed by atoms with E-state index >= 15 is 0 Å². The molecule has 0 aromatic heterocycles.